The Balaban J connectivity index is 2.33. The molecule has 2 rings (SSSR count). The number of nitrogens with two attached hydrogens (primary N) is 1. The lowest BCUT2D eigenvalue weighted by Gasteiger charge is -2.19. The molecule has 0 aliphatic carbocycles. The number of hydrogen-bond donors (Lipinski definition) is 2. The molecule has 2 aromatic carbocycles. The molecule has 0 spiro atoms. The number of methoxy groups -OCH3 is 2. The molecular formula is C18H19N3O4S. The van der Waals surface area contributed by atoms with Crippen LogP contribution in [0.5, 0.6) is 11.5 Å². The highest BCUT2D eigenvalue weighted by molar-refractivity contribution is 7.80. The number of hydrazone groups is 1. The molecule has 2 aromatic rings. The van der Waals surface area contributed by atoms with E-state index in [1.165, 1.54) is 20.4 Å². The van der Waals surface area contributed by atoms with Crippen molar-refractivity contribution in [3.05, 3.63) is 59.7 Å². The summed E-state index contributed by atoms with van der Waals surface area (Å²) in [6.07, 6.45) is 0.582. The molecule has 0 bridgehead atoms. The molecule has 3 N–H and O–H groups in total. The van der Waals surface area contributed by atoms with E-state index in [2.05, 4.69) is 22.7 Å². The first-order chi connectivity index (χ1) is 12.5. The molecule has 8 heteroatoms. The van der Waals surface area contributed by atoms with Crippen molar-refractivity contribution in [2.75, 3.05) is 14.2 Å². The van der Waals surface area contributed by atoms with Gasteiger partial charge in [-0.1, -0.05) is 30.3 Å². The summed E-state index contributed by atoms with van der Waals surface area (Å²) in [5.74, 6) is 0.313. The first-order valence-corrected chi connectivity index (χ1v) is 8.02. The highest BCUT2D eigenvalue weighted by Crippen LogP contribution is 2.32. The third kappa shape index (κ3) is 5.18. The van der Waals surface area contributed by atoms with Gasteiger partial charge >= 0.3 is 5.97 Å². The molecule has 1 unspecified atom stereocenters. The number of rotatable bonds is 7. The summed E-state index contributed by atoms with van der Waals surface area (Å²) in [4.78, 5) is 12.2. The molecule has 7 nitrogen and oxygen atoms in total. The SMILES string of the molecule is COC(=O)C(Oc1cc(C=NNC(N)=S)ccc1OC)c1ccccc1. The van der Waals surface area contributed by atoms with E-state index in [9.17, 15) is 4.79 Å². The normalized spacial score (nSPS) is 11.6. The monoisotopic (exact) mass is 373 g/mol. The summed E-state index contributed by atoms with van der Waals surface area (Å²) < 4.78 is 16.1. The van der Waals surface area contributed by atoms with Gasteiger partial charge in [0, 0.05) is 5.56 Å². The Bertz CT molecular complexity index is 796. The second-order valence-corrected chi connectivity index (χ2v) is 5.52. The average molecular weight is 373 g/mol. The summed E-state index contributed by atoms with van der Waals surface area (Å²) in [5.41, 5.74) is 9.15. The molecule has 26 heavy (non-hydrogen) atoms. The van der Waals surface area contributed by atoms with Crippen LogP contribution in [0.15, 0.2) is 53.6 Å². The van der Waals surface area contributed by atoms with E-state index in [-0.39, 0.29) is 5.11 Å². The van der Waals surface area contributed by atoms with Crippen molar-refractivity contribution in [3.63, 3.8) is 0 Å². The van der Waals surface area contributed by atoms with Gasteiger partial charge in [-0.3, -0.25) is 5.43 Å². The van der Waals surface area contributed by atoms with Gasteiger partial charge in [0.15, 0.2) is 16.6 Å². The Morgan fingerprint density at radius 1 is 1.19 bits per heavy atom. The van der Waals surface area contributed by atoms with E-state index in [0.717, 1.165) is 0 Å². The fourth-order valence-electron chi connectivity index (χ4n) is 2.15. The largest absolute Gasteiger partial charge is 0.493 e. The average Bonchev–Trinajstić information content (AvgIpc) is 2.66. The van der Waals surface area contributed by atoms with Crippen LogP contribution >= 0.6 is 12.2 Å². The number of nitrogens with one attached hydrogen (secondary N) is 1. The first-order valence-electron chi connectivity index (χ1n) is 7.61. The lowest BCUT2D eigenvalue weighted by molar-refractivity contribution is -0.149. The number of hydrogen-bond acceptors (Lipinski definition) is 6. The summed E-state index contributed by atoms with van der Waals surface area (Å²) >= 11 is 4.69. The van der Waals surface area contributed by atoms with Gasteiger partial charge in [0.25, 0.3) is 0 Å². The lowest BCUT2D eigenvalue weighted by atomic mass is 10.1. The molecule has 0 fully saturated rings. The predicted octanol–water partition coefficient (Wildman–Crippen LogP) is 2.16. The van der Waals surface area contributed by atoms with Gasteiger partial charge in [0.05, 0.1) is 20.4 Å². The minimum Gasteiger partial charge on any atom is -0.493 e. The van der Waals surface area contributed by atoms with Gasteiger partial charge in [-0.15, -0.1) is 0 Å². The second-order valence-electron chi connectivity index (χ2n) is 5.08. The molecule has 0 amide bonds. The van der Waals surface area contributed by atoms with Crippen LogP contribution in [0.1, 0.15) is 17.2 Å². The van der Waals surface area contributed by atoms with E-state index >= 15 is 0 Å². The quantitative estimate of drug-likeness (QED) is 0.332. The molecule has 0 radical (unpaired) electrons. The number of nitrogens with zero attached hydrogens (tertiary/aromatic N) is 1. The highest BCUT2D eigenvalue weighted by atomic mass is 32.1. The third-order valence-corrected chi connectivity index (χ3v) is 3.43. The van der Waals surface area contributed by atoms with Crippen molar-refractivity contribution in [1.29, 1.82) is 0 Å². The topological polar surface area (TPSA) is 95.2 Å². The first kappa shape index (κ1) is 19.2. The number of esters is 1. The smallest absolute Gasteiger partial charge is 0.351 e. The van der Waals surface area contributed by atoms with Crippen LogP contribution in [0.2, 0.25) is 0 Å². The van der Waals surface area contributed by atoms with E-state index in [4.69, 9.17) is 19.9 Å². The summed E-state index contributed by atoms with van der Waals surface area (Å²) in [6, 6.07) is 14.2. The number of thiocarbonyl (C=S) groups is 1. The van der Waals surface area contributed by atoms with E-state index < -0.39 is 12.1 Å². The van der Waals surface area contributed by atoms with E-state index in [0.29, 0.717) is 22.6 Å². The molecule has 0 aliphatic heterocycles. The Hall–Kier alpha value is -3.13. The minimum atomic E-state index is -0.933. The number of benzene rings is 2. The molecule has 1 atom stereocenters. The van der Waals surface area contributed by atoms with Crippen LogP contribution in [0.4, 0.5) is 0 Å². The molecule has 0 heterocycles. The van der Waals surface area contributed by atoms with Crippen molar-refractivity contribution < 1.29 is 19.0 Å². The van der Waals surface area contributed by atoms with Crippen LogP contribution in [0, 0.1) is 0 Å². The zero-order valence-electron chi connectivity index (χ0n) is 14.3. The minimum absolute atomic E-state index is 0.0565. The van der Waals surface area contributed by atoms with Crippen molar-refractivity contribution in [2.24, 2.45) is 10.8 Å². The van der Waals surface area contributed by atoms with Crippen molar-refractivity contribution in [1.82, 2.24) is 5.43 Å². The molecule has 0 aliphatic rings. The number of ether oxygens (including phenoxy) is 3. The fourth-order valence-corrected chi connectivity index (χ4v) is 2.20. The fraction of sp³-hybridized carbons (Fsp3) is 0.167. The maximum Gasteiger partial charge on any atom is 0.351 e. The Labute approximate surface area is 156 Å². The zero-order valence-corrected chi connectivity index (χ0v) is 15.2. The van der Waals surface area contributed by atoms with Crippen LogP contribution in [0.3, 0.4) is 0 Å². The Morgan fingerprint density at radius 2 is 1.92 bits per heavy atom. The predicted molar refractivity (Wildman–Crippen MR) is 102 cm³/mol. The molecule has 0 saturated carbocycles. The van der Waals surface area contributed by atoms with Gasteiger partial charge < -0.3 is 19.9 Å². The van der Waals surface area contributed by atoms with Crippen molar-refractivity contribution in [3.8, 4) is 11.5 Å². The summed E-state index contributed by atoms with van der Waals surface area (Å²) in [7, 11) is 2.82. The highest BCUT2D eigenvalue weighted by Gasteiger charge is 2.24. The molecule has 136 valence electrons. The number of carbonyl (C=O) groups excluding carboxylic acids is 1. The molecular weight excluding hydrogens is 354 g/mol. The number of carbonyl (C=O) groups is 1. The van der Waals surface area contributed by atoms with E-state index in [1.54, 1.807) is 30.3 Å². The Morgan fingerprint density at radius 3 is 2.54 bits per heavy atom. The molecule has 0 saturated heterocycles. The second kappa shape index (κ2) is 9.38. The maximum absolute atomic E-state index is 12.2. The van der Waals surface area contributed by atoms with E-state index in [1.807, 2.05) is 18.2 Å². The maximum atomic E-state index is 12.2. The van der Waals surface area contributed by atoms with Gasteiger partial charge in [-0.2, -0.15) is 5.10 Å². The van der Waals surface area contributed by atoms with Gasteiger partial charge in [-0.25, -0.2) is 4.79 Å². The van der Waals surface area contributed by atoms with Crippen LogP contribution in [0.25, 0.3) is 0 Å². The Kier molecular flexibility index (Phi) is 6.92. The zero-order chi connectivity index (χ0) is 18.9. The van der Waals surface area contributed by atoms with Crippen LogP contribution in [-0.4, -0.2) is 31.5 Å². The summed E-state index contributed by atoms with van der Waals surface area (Å²) in [6.45, 7) is 0. The van der Waals surface area contributed by atoms with Crippen molar-refractivity contribution in [2.45, 2.75) is 6.10 Å². The van der Waals surface area contributed by atoms with Crippen LogP contribution in [-0.2, 0) is 9.53 Å². The van der Waals surface area contributed by atoms with Gasteiger partial charge in [-0.05, 0) is 36.0 Å². The standard InChI is InChI=1S/C18H19N3O4S/c1-23-14-9-8-12(11-20-21-18(19)26)10-15(14)25-16(17(22)24-2)13-6-4-3-5-7-13/h3-11,16H,1-2H3,(H3,19,21,26). The van der Waals surface area contributed by atoms with Gasteiger partial charge in [0.1, 0.15) is 0 Å². The van der Waals surface area contributed by atoms with Gasteiger partial charge in [0.2, 0.25) is 6.10 Å². The summed E-state index contributed by atoms with van der Waals surface area (Å²) in [5, 5.41) is 3.95. The third-order valence-electron chi connectivity index (χ3n) is 3.34. The molecule has 0 aromatic heterocycles. The van der Waals surface area contributed by atoms with Crippen LogP contribution < -0.4 is 20.6 Å². The van der Waals surface area contributed by atoms with Crippen molar-refractivity contribution >= 4 is 29.5 Å². The lowest BCUT2D eigenvalue weighted by Crippen LogP contribution is -2.24.